The third-order valence-electron chi connectivity index (χ3n) is 2.39. The van der Waals surface area contributed by atoms with Crippen LogP contribution in [0.3, 0.4) is 0 Å². The van der Waals surface area contributed by atoms with E-state index in [2.05, 4.69) is 27.6 Å². The van der Waals surface area contributed by atoms with Crippen molar-refractivity contribution in [2.24, 2.45) is 0 Å². The fraction of sp³-hybridized carbons (Fsp3) is 0.455. The van der Waals surface area contributed by atoms with Crippen molar-refractivity contribution in [2.75, 3.05) is 11.9 Å². The first kappa shape index (κ1) is 11.6. The van der Waals surface area contributed by atoms with Gasteiger partial charge in [0.1, 0.15) is 5.82 Å². The minimum absolute atomic E-state index is 0.313. The topological polar surface area (TPSA) is 37.8 Å². The van der Waals surface area contributed by atoms with Gasteiger partial charge in [0.2, 0.25) is 5.28 Å². The fourth-order valence-electron chi connectivity index (χ4n) is 1.51. The third kappa shape index (κ3) is 2.28. The summed E-state index contributed by atoms with van der Waals surface area (Å²) in [4.78, 5) is 8.49. The standard InChI is InChI=1S/C11H14ClN3S/c1-3-4-5-13-10-9-8(7(2)6-16-9)14-11(12)15-10/h6H,3-5H2,1-2H3,(H,13,14,15). The lowest BCUT2D eigenvalue weighted by Crippen LogP contribution is -2.03. The van der Waals surface area contributed by atoms with Crippen LogP contribution >= 0.6 is 22.9 Å². The maximum Gasteiger partial charge on any atom is 0.224 e. The summed E-state index contributed by atoms with van der Waals surface area (Å²) in [5.41, 5.74) is 2.12. The van der Waals surface area contributed by atoms with Gasteiger partial charge in [-0.1, -0.05) is 13.3 Å². The molecule has 2 heterocycles. The van der Waals surface area contributed by atoms with Gasteiger partial charge in [-0.15, -0.1) is 11.3 Å². The van der Waals surface area contributed by atoms with Crippen LogP contribution in [0.25, 0.3) is 10.2 Å². The lowest BCUT2D eigenvalue weighted by molar-refractivity contribution is 0.832. The molecule has 3 nitrogen and oxygen atoms in total. The zero-order chi connectivity index (χ0) is 11.5. The van der Waals surface area contributed by atoms with Gasteiger partial charge in [0.25, 0.3) is 0 Å². The summed E-state index contributed by atoms with van der Waals surface area (Å²) in [6.45, 7) is 5.13. The molecule has 0 atom stereocenters. The molecule has 0 fully saturated rings. The van der Waals surface area contributed by atoms with Crippen LogP contribution in [0.5, 0.6) is 0 Å². The van der Waals surface area contributed by atoms with E-state index < -0.39 is 0 Å². The van der Waals surface area contributed by atoms with E-state index in [0.29, 0.717) is 5.28 Å². The summed E-state index contributed by atoms with van der Waals surface area (Å²) < 4.78 is 1.10. The van der Waals surface area contributed by atoms with Gasteiger partial charge in [-0.25, -0.2) is 4.98 Å². The van der Waals surface area contributed by atoms with Gasteiger partial charge in [0.15, 0.2) is 0 Å². The molecule has 0 aliphatic carbocycles. The normalized spacial score (nSPS) is 10.9. The smallest absolute Gasteiger partial charge is 0.224 e. The van der Waals surface area contributed by atoms with Crippen LogP contribution in [0, 0.1) is 6.92 Å². The van der Waals surface area contributed by atoms with Crippen molar-refractivity contribution in [3.05, 3.63) is 16.2 Å². The number of anilines is 1. The largest absolute Gasteiger partial charge is 0.369 e. The Balaban J connectivity index is 2.35. The van der Waals surface area contributed by atoms with Crippen molar-refractivity contribution in [2.45, 2.75) is 26.7 Å². The molecule has 1 N–H and O–H groups in total. The van der Waals surface area contributed by atoms with E-state index in [4.69, 9.17) is 11.6 Å². The Labute approximate surface area is 104 Å². The Morgan fingerprint density at radius 1 is 1.44 bits per heavy atom. The molecule has 0 radical (unpaired) electrons. The van der Waals surface area contributed by atoms with E-state index in [1.807, 2.05) is 6.92 Å². The van der Waals surface area contributed by atoms with Crippen LogP contribution in [0.4, 0.5) is 5.82 Å². The number of aromatic nitrogens is 2. The van der Waals surface area contributed by atoms with Gasteiger partial charge in [0, 0.05) is 6.54 Å². The van der Waals surface area contributed by atoms with Crippen LogP contribution in [0.2, 0.25) is 5.28 Å². The summed E-state index contributed by atoms with van der Waals surface area (Å²) in [7, 11) is 0. The Hall–Kier alpha value is -0.870. The van der Waals surface area contributed by atoms with Crippen molar-refractivity contribution in [3.8, 4) is 0 Å². The second-order valence-corrected chi connectivity index (χ2v) is 4.94. The molecule has 2 rings (SSSR count). The van der Waals surface area contributed by atoms with Gasteiger partial charge in [0.05, 0.1) is 10.2 Å². The molecular weight excluding hydrogens is 242 g/mol. The van der Waals surface area contributed by atoms with Crippen LogP contribution in [-0.4, -0.2) is 16.5 Å². The number of fused-ring (bicyclic) bond motifs is 1. The molecule has 2 aromatic rings. The zero-order valence-corrected chi connectivity index (χ0v) is 11.0. The summed E-state index contributed by atoms with van der Waals surface area (Å²) in [6.07, 6.45) is 2.30. The highest BCUT2D eigenvalue weighted by atomic mass is 35.5. The number of rotatable bonds is 4. The van der Waals surface area contributed by atoms with Gasteiger partial charge in [-0.05, 0) is 35.9 Å². The molecular formula is C11H14ClN3S. The van der Waals surface area contributed by atoms with Crippen molar-refractivity contribution in [1.29, 1.82) is 0 Å². The zero-order valence-electron chi connectivity index (χ0n) is 9.38. The van der Waals surface area contributed by atoms with Crippen LogP contribution in [0.15, 0.2) is 5.38 Å². The summed E-state index contributed by atoms with van der Waals surface area (Å²) >= 11 is 7.57. The first-order chi connectivity index (χ1) is 7.72. The summed E-state index contributed by atoms with van der Waals surface area (Å²) in [6, 6.07) is 0. The highest BCUT2D eigenvalue weighted by Crippen LogP contribution is 2.30. The predicted octanol–water partition coefficient (Wildman–Crippen LogP) is 3.87. The molecule has 0 aliphatic rings. The SMILES string of the molecule is CCCCNc1nc(Cl)nc2c(C)csc12. The first-order valence-electron chi connectivity index (χ1n) is 5.37. The highest BCUT2D eigenvalue weighted by Gasteiger charge is 2.09. The van der Waals surface area contributed by atoms with Gasteiger partial charge < -0.3 is 5.32 Å². The molecule has 2 aromatic heterocycles. The average Bonchev–Trinajstić information content (AvgIpc) is 2.61. The van der Waals surface area contributed by atoms with Gasteiger partial charge >= 0.3 is 0 Å². The molecule has 5 heteroatoms. The van der Waals surface area contributed by atoms with Crippen molar-refractivity contribution in [3.63, 3.8) is 0 Å². The number of hydrogen-bond acceptors (Lipinski definition) is 4. The van der Waals surface area contributed by atoms with E-state index >= 15 is 0 Å². The van der Waals surface area contributed by atoms with E-state index in [0.717, 1.165) is 34.6 Å². The van der Waals surface area contributed by atoms with Crippen molar-refractivity contribution >= 4 is 39.0 Å². The Kier molecular flexibility index (Phi) is 3.61. The number of aryl methyl sites for hydroxylation is 1. The number of hydrogen-bond donors (Lipinski definition) is 1. The Morgan fingerprint density at radius 3 is 3.00 bits per heavy atom. The Bertz CT molecular complexity index is 495. The van der Waals surface area contributed by atoms with Crippen molar-refractivity contribution in [1.82, 2.24) is 9.97 Å². The second kappa shape index (κ2) is 4.97. The number of nitrogens with zero attached hydrogens (tertiary/aromatic N) is 2. The molecule has 0 aromatic carbocycles. The van der Waals surface area contributed by atoms with E-state index in [1.54, 1.807) is 11.3 Å². The first-order valence-corrected chi connectivity index (χ1v) is 6.63. The molecule has 86 valence electrons. The van der Waals surface area contributed by atoms with E-state index in [1.165, 1.54) is 6.42 Å². The summed E-state index contributed by atoms with van der Waals surface area (Å²) in [5, 5.41) is 5.71. The van der Waals surface area contributed by atoms with Crippen LogP contribution in [-0.2, 0) is 0 Å². The molecule has 16 heavy (non-hydrogen) atoms. The van der Waals surface area contributed by atoms with Gasteiger partial charge in [-0.3, -0.25) is 0 Å². The third-order valence-corrected chi connectivity index (χ3v) is 3.65. The van der Waals surface area contributed by atoms with Crippen LogP contribution in [0.1, 0.15) is 25.3 Å². The summed E-state index contributed by atoms with van der Waals surface area (Å²) in [5.74, 6) is 0.863. The number of thiophene rings is 1. The van der Waals surface area contributed by atoms with E-state index in [-0.39, 0.29) is 0 Å². The number of nitrogens with one attached hydrogen (secondary N) is 1. The molecule has 0 unspecified atom stereocenters. The quantitative estimate of drug-likeness (QED) is 0.666. The predicted molar refractivity (Wildman–Crippen MR) is 70.6 cm³/mol. The molecule has 0 saturated carbocycles. The molecule has 0 saturated heterocycles. The monoisotopic (exact) mass is 255 g/mol. The lowest BCUT2D eigenvalue weighted by atomic mass is 10.3. The maximum absolute atomic E-state index is 5.91. The van der Waals surface area contributed by atoms with Crippen molar-refractivity contribution < 1.29 is 0 Å². The van der Waals surface area contributed by atoms with Gasteiger partial charge in [-0.2, -0.15) is 4.98 Å². The fourth-order valence-corrected chi connectivity index (χ4v) is 2.63. The lowest BCUT2D eigenvalue weighted by Gasteiger charge is -2.05. The minimum atomic E-state index is 0.313. The molecule has 0 aliphatic heterocycles. The maximum atomic E-state index is 5.91. The molecule has 0 spiro atoms. The highest BCUT2D eigenvalue weighted by molar-refractivity contribution is 7.18. The second-order valence-electron chi connectivity index (χ2n) is 3.72. The number of halogens is 1. The van der Waals surface area contributed by atoms with E-state index in [9.17, 15) is 0 Å². The Morgan fingerprint density at radius 2 is 2.25 bits per heavy atom. The molecule has 0 bridgehead atoms. The van der Waals surface area contributed by atoms with Crippen LogP contribution < -0.4 is 5.32 Å². The number of unbranched alkanes of at least 4 members (excludes halogenated alkanes) is 1. The minimum Gasteiger partial charge on any atom is -0.369 e. The average molecular weight is 256 g/mol. The molecule has 0 amide bonds.